The molecule has 0 radical (unpaired) electrons. The Balaban J connectivity index is 1.97. The third kappa shape index (κ3) is 3.29. The lowest BCUT2D eigenvalue weighted by Gasteiger charge is -1.70. The molecule has 26 valence electrons. The molecule has 0 aromatic rings. The minimum atomic E-state index is 1.08. The predicted molar refractivity (Wildman–Crippen MR) is 32.3 cm³/mol. The van der Waals surface area contributed by atoms with E-state index in [0.29, 0.717) is 0 Å². The average molecular weight is 112 g/mol. The van der Waals surface area contributed by atoms with E-state index in [4.69, 9.17) is 0 Å². The van der Waals surface area contributed by atoms with Crippen LogP contribution in [0.5, 0.6) is 0 Å². The van der Waals surface area contributed by atoms with Crippen LogP contribution in [0.15, 0.2) is 0 Å². The molecule has 0 spiro atoms. The van der Waals surface area contributed by atoms with E-state index in [9.17, 15) is 0 Å². The van der Waals surface area contributed by atoms with Crippen LogP contribution >= 0.6 is 25.2 Å². The van der Waals surface area contributed by atoms with Crippen molar-refractivity contribution in [3.05, 3.63) is 0 Å². The minimum absolute atomic E-state index is 1.08. The molecule has 3 heteroatoms. The Morgan fingerprint density at radius 2 is 2.00 bits per heavy atom. The number of hydrogen-bond acceptors (Lipinski definition) is 0. The van der Waals surface area contributed by atoms with Crippen LogP contribution in [0.4, 0.5) is 0 Å². The summed E-state index contributed by atoms with van der Waals surface area (Å²) in [6.07, 6.45) is 0. The summed E-state index contributed by atoms with van der Waals surface area (Å²) in [4.78, 5) is 0. The van der Waals surface area contributed by atoms with E-state index in [1.165, 1.54) is 0 Å². The first kappa shape index (κ1) is 5.29. The van der Waals surface area contributed by atoms with Gasteiger partial charge in [0, 0.05) is 0 Å². The molecule has 0 fully saturated rings. The van der Waals surface area contributed by atoms with Crippen molar-refractivity contribution in [2.75, 3.05) is 6.66 Å². The van der Waals surface area contributed by atoms with Crippen LogP contribution in [0.3, 0.4) is 0 Å². The predicted octanol–water partition coefficient (Wildman–Crippen LogP) is 1.68. The van der Waals surface area contributed by atoms with E-state index in [2.05, 4.69) is 15.6 Å². The van der Waals surface area contributed by atoms with Gasteiger partial charge in [0.25, 0.3) is 0 Å². The molecule has 0 aliphatic carbocycles. The van der Waals surface area contributed by atoms with Gasteiger partial charge in [-0.25, -0.2) is 0 Å². The highest BCUT2D eigenvalue weighted by atomic mass is 32.4. The van der Waals surface area contributed by atoms with Gasteiger partial charge in [-0.1, -0.05) is 16.2 Å². The summed E-state index contributed by atoms with van der Waals surface area (Å²) in [5, 5.41) is 0. The van der Waals surface area contributed by atoms with Crippen LogP contribution in [0, 0.1) is 0 Å². The van der Waals surface area contributed by atoms with Gasteiger partial charge in [0.1, 0.15) is 0 Å². The third-order valence-corrected chi connectivity index (χ3v) is 3.90. The Morgan fingerprint density at radius 1 is 1.75 bits per heavy atom. The second-order valence-electron chi connectivity index (χ2n) is 0.394. The molecule has 0 nitrogen and oxygen atoms in total. The first-order chi connectivity index (χ1) is 1.91. The summed E-state index contributed by atoms with van der Waals surface area (Å²) < 4.78 is 0. The van der Waals surface area contributed by atoms with Gasteiger partial charge in [0.2, 0.25) is 0 Å². The smallest absolute Gasteiger partial charge is 0.0432 e. The van der Waals surface area contributed by atoms with E-state index < -0.39 is 0 Å². The van der Waals surface area contributed by atoms with Crippen LogP contribution in [0.2, 0.25) is 0 Å². The summed E-state index contributed by atoms with van der Waals surface area (Å²) in [7, 11) is 4.91. The Kier molecular flexibility index (Phi) is 5.67. The molecule has 0 amide bonds. The Bertz CT molecular complexity index is 5.25. The van der Waals surface area contributed by atoms with Crippen molar-refractivity contribution < 1.29 is 0 Å². The molecule has 4 heavy (non-hydrogen) atoms. The van der Waals surface area contributed by atoms with Crippen molar-refractivity contribution in [3.8, 4) is 0 Å². The standard InChI is InChI=1S/CH7P3/c1-3-4-2/h3-4H,2H2,1H3. The van der Waals surface area contributed by atoms with Crippen molar-refractivity contribution in [2.24, 2.45) is 0 Å². The SMILES string of the molecule is CPPP. The second-order valence-corrected chi connectivity index (χ2v) is 6.15. The van der Waals surface area contributed by atoms with Gasteiger partial charge >= 0.3 is 0 Å². The molecule has 0 rings (SSSR count). The maximum Gasteiger partial charge on any atom is -0.0432 e. The van der Waals surface area contributed by atoms with Crippen molar-refractivity contribution >= 4 is 25.2 Å². The van der Waals surface area contributed by atoms with Crippen LogP contribution in [-0.4, -0.2) is 6.66 Å². The minimum Gasteiger partial charge on any atom is -0.110 e. The normalized spacial score (nSPS) is 13.5. The lowest BCUT2D eigenvalue weighted by molar-refractivity contribution is 2.51. The Labute approximate surface area is 32.7 Å². The molecule has 3 unspecified atom stereocenters. The maximum atomic E-state index is 2.70. The topological polar surface area (TPSA) is 0 Å². The molecular formula is CH7P3. The number of hydrogen-bond donors (Lipinski definition) is 0. The third-order valence-electron chi connectivity index (χ3n) is 0.144. The molecule has 0 aliphatic heterocycles. The monoisotopic (exact) mass is 112 g/mol. The lowest BCUT2D eigenvalue weighted by Crippen LogP contribution is -1.05. The van der Waals surface area contributed by atoms with E-state index in [1.807, 2.05) is 0 Å². The fourth-order valence-corrected chi connectivity index (χ4v) is 0. The summed E-state index contributed by atoms with van der Waals surface area (Å²) in [5.41, 5.74) is 0. The van der Waals surface area contributed by atoms with Crippen LogP contribution in [0.25, 0.3) is 0 Å². The molecule has 0 saturated heterocycles. The maximum absolute atomic E-state index is 2.70. The van der Waals surface area contributed by atoms with E-state index in [-0.39, 0.29) is 0 Å². The molecular weight excluding hydrogens is 105 g/mol. The quantitative estimate of drug-likeness (QED) is 0.452. The van der Waals surface area contributed by atoms with Crippen molar-refractivity contribution in [1.82, 2.24) is 0 Å². The molecule has 0 aliphatic rings. The Morgan fingerprint density at radius 3 is 2.00 bits per heavy atom. The van der Waals surface area contributed by atoms with Gasteiger partial charge in [0.15, 0.2) is 0 Å². The van der Waals surface area contributed by atoms with Gasteiger partial charge in [-0.2, -0.15) is 0 Å². The van der Waals surface area contributed by atoms with Crippen LogP contribution in [0.1, 0.15) is 0 Å². The van der Waals surface area contributed by atoms with Crippen LogP contribution < -0.4 is 0 Å². The summed E-state index contributed by atoms with van der Waals surface area (Å²) in [6, 6.07) is 0. The van der Waals surface area contributed by atoms with Gasteiger partial charge in [-0.15, -0.1) is 8.93 Å². The van der Waals surface area contributed by atoms with Crippen molar-refractivity contribution in [1.29, 1.82) is 0 Å². The van der Waals surface area contributed by atoms with E-state index >= 15 is 0 Å². The van der Waals surface area contributed by atoms with Gasteiger partial charge in [-0.3, -0.25) is 0 Å². The average Bonchev–Trinajstić information content (AvgIpc) is 1.37. The Hall–Kier alpha value is 1.29. The molecule has 0 saturated carbocycles. The van der Waals surface area contributed by atoms with Crippen LogP contribution in [-0.2, 0) is 0 Å². The molecule has 0 heterocycles. The van der Waals surface area contributed by atoms with E-state index in [0.717, 1.165) is 16.2 Å². The second kappa shape index (κ2) is 4.29. The molecule has 3 atom stereocenters. The molecule has 0 aromatic heterocycles. The molecule has 0 bridgehead atoms. The fraction of sp³-hybridized carbons (Fsp3) is 1.00. The van der Waals surface area contributed by atoms with Crippen molar-refractivity contribution in [3.63, 3.8) is 0 Å². The summed E-state index contributed by atoms with van der Waals surface area (Å²) >= 11 is 0. The number of rotatable bonds is 1. The zero-order chi connectivity index (χ0) is 3.41. The van der Waals surface area contributed by atoms with E-state index in [1.54, 1.807) is 0 Å². The highest BCUT2D eigenvalue weighted by Crippen LogP contribution is 2.39. The fourth-order valence-electron chi connectivity index (χ4n) is 0. The lowest BCUT2D eigenvalue weighted by atomic mass is 12.0. The summed E-state index contributed by atoms with van der Waals surface area (Å²) in [5.74, 6) is 0. The highest BCUT2D eigenvalue weighted by molar-refractivity contribution is 8.38. The summed E-state index contributed by atoms with van der Waals surface area (Å²) in [6.45, 7) is 2.20. The zero-order valence-corrected chi connectivity index (χ0v) is 5.73. The molecule has 0 aromatic carbocycles. The van der Waals surface area contributed by atoms with Crippen molar-refractivity contribution in [2.45, 2.75) is 0 Å². The first-order valence-corrected chi connectivity index (χ1v) is 6.35. The van der Waals surface area contributed by atoms with Gasteiger partial charge in [0.05, 0.1) is 0 Å². The first-order valence-electron chi connectivity index (χ1n) is 1.04. The zero-order valence-electron chi connectivity index (χ0n) is 2.58. The highest BCUT2D eigenvalue weighted by Gasteiger charge is 1.53. The largest absolute Gasteiger partial charge is 0.110 e. The van der Waals surface area contributed by atoms with Gasteiger partial charge in [-0.05, 0) is 6.66 Å². The van der Waals surface area contributed by atoms with Gasteiger partial charge < -0.3 is 0 Å². The molecule has 0 N–H and O–H groups in total.